The summed E-state index contributed by atoms with van der Waals surface area (Å²) in [6, 6.07) is 16.6. The SMILES string of the molecule is O=S(=O)(c1ccc(F)cc1)N1CCc2c(ccnc2Nc2cnc3ccccc3c2)C1. The van der Waals surface area contributed by atoms with Crippen LogP contribution in [0.3, 0.4) is 0 Å². The van der Waals surface area contributed by atoms with E-state index in [1.165, 1.54) is 16.4 Å². The zero-order valence-corrected chi connectivity index (χ0v) is 17.3. The van der Waals surface area contributed by atoms with Gasteiger partial charge in [0.1, 0.15) is 11.6 Å². The standard InChI is InChI=1S/C23H19FN4O2S/c24-18-5-7-20(8-6-18)31(29,30)28-12-10-21-17(15-28)9-11-25-23(21)27-19-13-16-3-1-2-4-22(16)26-14-19/h1-9,11,13-14H,10,12,15H2,(H,25,27). The number of nitrogens with zero attached hydrogens (tertiary/aromatic N) is 3. The third-order valence-corrected chi connectivity index (χ3v) is 7.27. The van der Waals surface area contributed by atoms with Crippen molar-refractivity contribution < 1.29 is 12.8 Å². The topological polar surface area (TPSA) is 75.2 Å². The molecular formula is C23H19FN4O2S. The van der Waals surface area contributed by atoms with E-state index in [0.29, 0.717) is 18.8 Å². The number of benzene rings is 2. The van der Waals surface area contributed by atoms with Gasteiger partial charge in [-0.2, -0.15) is 4.31 Å². The highest BCUT2D eigenvalue weighted by atomic mass is 32.2. The van der Waals surface area contributed by atoms with Crippen molar-refractivity contribution in [2.75, 3.05) is 11.9 Å². The molecule has 2 aromatic carbocycles. The molecule has 2 aromatic heterocycles. The number of fused-ring (bicyclic) bond motifs is 2. The first-order chi connectivity index (χ1) is 15.0. The average Bonchev–Trinajstić information content (AvgIpc) is 2.79. The Labute approximate surface area is 179 Å². The van der Waals surface area contributed by atoms with E-state index in [9.17, 15) is 12.8 Å². The van der Waals surface area contributed by atoms with Crippen LogP contribution in [-0.4, -0.2) is 29.2 Å². The van der Waals surface area contributed by atoms with E-state index < -0.39 is 15.8 Å². The largest absolute Gasteiger partial charge is 0.339 e. The number of hydrogen-bond acceptors (Lipinski definition) is 5. The molecular weight excluding hydrogens is 415 g/mol. The van der Waals surface area contributed by atoms with Crippen LogP contribution >= 0.6 is 0 Å². The first-order valence-electron chi connectivity index (χ1n) is 9.85. The van der Waals surface area contributed by atoms with Gasteiger partial charge in [-0.1, -0.05) is 18.2 Å². The van der Waals surface area contributed by atoms with Crippen LogP contribution in [0.5, 0.6) is 0 Å². The lowest BCUT2D eigenvalue weighted by Crippen LogP contribution is -2.36. The molecule has 156 valence electrons. The van der Waals surface area contributed by atoms with Crippen LogP contribution in [-0.2, 0) is 23.0 Å². The van der Waals surface area contributed by atoms with Gasteiger partial charge in [0.15, 0.2) is 0 Å². The summed E-state index contributed by atoms with van der Waals surface area (Å²) in [4.78, 5) is 9.03. The lowest BCUT2D eigenvalue weighted by atomic mass is 10.0. The second-order valence-electron chi connectivity index (χ2n) is 7.38. The van der Waals surface area contributed by atoms with Crippen molar-refractivity contribution >= 4 is 32.4 Å². The summed E-state index contributed by atoms with van der Waals surface area (Å²) in [6.45, 7) is 0.561. The first-order valence-corrected chi connectivity index (χ1v) is 11.3. The highest BCUT2D eigenvalue weighted by Gasteiger charge is 2.29. The maximum atomic E-state index is 13.2. The number of anilines is 2. The number of para-hydroxylation sites is 1. The molecule has 6 nitrogen and oxygen atoms in total. The van der Waals surface area contributed by atoms with Gasteiger partial charge in [0.2, 0.25) is 10.0 Å². The lowest BCUT2D eigenvalue weighted by Gasteiger charge is -2.29. The number of hydrogen-bond donors (Lipinski definition) is 1. The van der Waals surface area contributed by atoms with Gasteiger partial charge in [0, 0.05) is 30.2 Å². The molecule has 31 heavy (non-hydrogen) atoms. The van der Waals surface area contributed by atoms with Crippen molar-refractivity contribution in [2.24, 2.45) is 0 Å². The van der Waals surface area contributed by atoms with Crippen LogP contribution in [0, 0.1) is 5.82 Å². The number of halogens is 1. The maximum Gasteiger partial charge on any atom is 0.243 e. The number of pyridine rings is 2. The molecule has 0 unspecified atom stereocenters. The number of rotatable bonds is 4. The molecule has 8 heteroatoms. The summed E-state index contributed by atoms with van der Waals surface area (Å²) in [7, 11) is -3.70. The minimum Gasteiger partial charge on any atom is -0.339 e. The van der Waals surface area contributed by atoms with E-state index in [2.05, 4.69) is 15.3 Å². The average molecular weight is 434 g/mol. The predicted octanol–water partition coefficient (Wildman–Crippen LogP) is 4.26. The van der Waals surface area contributed by atoms with Gasteiger partial charge in [0.05, 0.1) is 22.3 Å². The molecule has 0 saturated carbocycles. The van der Waals surface area contributed by atoms with Crippen molar-refractivity contribution in [3.8, 4) is 0 Å². The van der Waals surface area contributed by atoms with Crippen LogP contribution in [0.15, 0.2) is 78.0 Å². The van der Waals surface area contributed by atoms with Gasteiger partial charge >= 0.3 is 0 Å². The van der Waals surface area contributed by atoms with Crippen LogP contribution < -0.4 is 5.32 Å². The Balaban J connectivity index is 1.42. The molecule has 0 saturated heterocycles. The number of sulfonamides is 1. The molecule has 1 aliphatic heterocycles. The molecule has 0 spiro atoms. The predicted molar refractivity (Wildman–Crippen MR) is 117 cm³/mol. The fraction of sp³-hybridized carbons (Fsp3) is 0.130. The molecule has 0 bridgehead atoms. The minimum atomic E-state index is -3.70. The molecule has 1 aliphatic rings. The van der Waals surface area contributed by atoms with E-state index >= 15 is 0 Å². The molecule has 0 aliphatic carbocycles. The summed E-state index contributed by atoms with van der Waals surface area (Å²) in [5.41, 5.74) is 3.61. The summed E-state index contributed by atoms with van der Waals surface area (Å²) in [5.74, 6) is 0.237. The van der Waals surface area contributed by atoms with Crippen molar-refractivity contribution in [1.29, 1.82) is 0 Å². The monoisotopic (exact) mass is 434 g/mol. The van der Waals surface area contributed by atoms with E-state index in [1.807, 2.05) is 36.4 Å². The third-order valence-electron chi connectivity index (χ3n) is 5.42. The zero-order chi connectivity index (χ0) is 21.4. The van der Waals surface area contributed by atoms with E-state index in [0.717, 1.165) is 39.8 Å². The van der Waals surface area contributed by atoms with E-state index in [4.69, 9.17) is 0 Å². The molecule has 5 rings (SSSR count). The van der Waals surface area contributed by atoms with Gasteiger partial charge in [-0.15, -0.1) is 0 Å². The van der Waals surface area contributed by atoms with Crippen molar-refractivity contribution in [2.45, 2.75) is 17.9 Å². The van der Waals surface area contributed by atoms with Crippen LogP contribution in [0.1, 0.15) is 11.1 Å². The van der Waals surface area contributed by atoms with Crippen LogP contribution in [0.25, 0.3) is 10.9 Å². The molecule has 0 amide bonds. The van der Waals surface area contributed by atoms with Crippen molar-refractivity contribution in [1.82, 2.24) is 14.3 Å². The normalized spacial score (nSPS) is 14.4. The van der Waals surface area contributed by atoms with E-state index in [-0.39, 0.29) is 11.4 Å². The summed E-state index contributed by atoms with van der Waals surface area (Å²) in [5, 5.41) is 4.35. The second kappa shape index (κ2) is 7.72. The zero-order valence-electron chi connectivity index (χ0n) is 16.5. The Hall–Kier alpha value is -3.36. The quantitative estimate of drug-likeness (QED) is 0.520. The van der Waals surface area contributed by atoms with Gasteiger partial charge in [-0.05, 0) is 54.4 Å². The number of nitrogens with one attached hydrogen (secondary N) is 1. The van der Waals surface area contributed by atoms with Crippen LogP contribution in [0.2, 0.25) is 0 Å². The summed E-state index contributed by atoms with van der Waals surface area (Å²) < 4.78 is 40.6. The fourth-order valence-corrected chi connectivity index (χ4v) is 5.23. The maximum absolute atomic E-state index is 13.2. The Morgan fingerprint density at radius 3 is 2.65 bits per heavy atom. The second-order valence-corrected chi connectivity index (χ2v) is 9.32. The first kappa shape index (κ1) is 19.6. The number of aromatic nitrogens is 2. The van der Waals surface area contributed by atoms with E-state index in [1.54, 1.807) is 12.4 Å². The highest BCUT2D eigenvalue weighted by molar-refractivity contribution is 7.89. The Bertz CT molecular complexity index is 1370. The minimum absolute atomic E-state index is 0.0898. The molecule has 1 N–H and O–H groups in total. The molecule has 3 heterocycles. The lowest BCUT2D eigenvalue weighted by molar-refractivity contribution is 0.391. The van der Waals surface area contributed by atoms with Crippen molar-refractivity contribution in [3.05, 3.63) is 90.0 Å². The van der Waals surface area contributed by atoms with Gasteiger partial charge in [-0.25, -0.2) is 17.8 Å². The fourth-order valence-electron chi connectivity index (χ4n) is 3.81. The summed E-state index contributed by atoms with van der Waals surface area (Å²) in [6.07, 6.45) is 3.95. The highest BCUT2D eigenvalue weighted by Crippen LogP contribution is 2.30. The van der Waals surface area contributed by atoms with Crippen LogP contribution in [0.4, 0.5) is 15.9 Å². The molecule has 0 radical (unpaired) electrons. The Morgan fingerprint density at radius 2 is 1.81 bits per heavy atom. The van der Waals surface area contributed by atoms with Crippen molar-refractivity contribution in [3.63, 3.8) is 0 Å². The molecule has 4 aromatic rings. The molecule has 0 atom stereocenters. The smallest absolute Gasteiger partial charge is 0.243 e. The van der Waals surface area contributed by atoms with Gasteiger partial charge in [-0.3, -0.25) is 4.98 Å². The van der Waals surface area contributed by atoms with Gasteiger partial charge in [0.25, 0.3) is 0 Å². The summed E-state index contributed by atoms with van der Waals surface area (Å²) >= 11 is 0. The Kier molecular flexibility index (Phi) is 4.88. The van der Waals surface area contributed by atoms with Gasteiger partial charge < -0.3 is 5.32 Å². The molecule has 0 fully saturated rings. The Morgan fingerprint density at radius 1 is 1.00 bits per heavy atom. The third kappa shape index (κ3) is 3.75.